The van der Waals surface area contributed by atoms with E-state index >= 15 is 0 Å². The average Bonchev–Trinajstić information content (AvgIpc) is 3.20. The van der Waals surface area contributed by atoms with Gasteiger partial charge in [0.2, 0.25) is 5.79 Å². The van der Waals surface area contributed by atoms with E-state index in [1.165, 1.54) is 13.4 Å². The molecule has 1 saturated carbocycles. The number of ether oxygens (including phenoxy) is 5. The molecule has 1 aromatic heterocycles. The molecule has 2 aliphatic heterocycles. The van der Waals surface area contributed by atoms with Crippen LogP contribution in [0.5, 0.6) is 0 Å². The minimum Gasteiger partial charge on any atom is -0.469 e. The van der Waals surface area contributed by atoms with E-state index in [0.29, 0.717) is 5.76 Å². The fourth-order valence-corrected chi connectivity index (χ4v) is 4.45. The van der Waals surface area contributed by atoms with Gasteiger partial charge in [-0.05, 0) is 39.8 Å². The van der Waals surface area contributed by atoms with Crippen LogP contribution in [0.4, 0.5) is 0 Å². The predicted molar refractivity (Wildman–Crippen MR) is 85.8 cm³/mol. The summed E-state index contributed by atoms with van der Waals surface area (Å²) in [5.41, 5.74) is 0. The summed E-state index contributed by atoms with van der Waals surface area (Å²) in [7, 11) is 1.48. The van der Waals surface area contributed by atoms with Gasteiger partial charge in [-0.1, -0.05) is 0 Å². The Kier molecular flexibility index (Phi) is 3.78. The molecule has 0 bridgehead atoms. The third-order valence-electron chi connectivity index (χ3n) is 5.20. The van der Waals surface area contributed by atoms with E-state index in [1.54, 1.807) is 39.8 Å². The highest BCUT2D eigenvalue weighted by atomic mass is 16.9. The van der Waals surface area contributed by atoms with Gasteiger partial charge in [0.15, 0.2) is 23.8 Å². The van der Waals surface area contributed by atoms with Crippen LogP contribution in [0.1, 0.15) is 39.4 Å². The minimum absolute atomic E-state index is 0.357. The molecule has 0 spiro atoms. The Bertz CT molecular complexity index is 702. The second kappa shape index (κ2) is 5.49. The Morgan fingerprint density at radius 1 is 1.12 bits per heavy atom. The van der Waals surface area contributed by atoms with E-state index in [1.807, 2.05) is 0 Å². The van der Waals surface area contributed by atoms with Crippen LogP contribution in [0.3, 0.4) is 0 Å². The number of fused-ring (bicyclic) bond motifs is 3. The number of rotatable bonds is 3. The van der Waals surface area contributed by atoms with Crippen molar-refractivity contribution < 1.29 is 33.0 Å². The average molecular weight is 369 g/mol. The monoisotopic (exact) mass is 369 g/mol. The SMILES string of the molecule is CO[C@@]12OC(C)(C)O[C@@H]1[C@H](c1ccco1)[C@@H]([N+](=O)[O-])[C@@H]1OC(C)(C)O[C@@H]12. The molecule has 0 unspecified atom stereocenters. The Morgan fingerprint density at radius 3 is 2.38 bits per heavy atom. The maximum atomic E-state index is 12.0. The smallest absolute Gasteiger partial charge is 0.254 e. The summed E-state index contributed by atoms with van der Waals surface area (Å²) in [6.45, 7) is 6.90. The summed E-state index contributed by atoms with van der Waals surface area (Å²) in [4.78, 5) is 11.7. The molecule has 26 heavy (non-hydrogen) atoms. The third kappa shape index (κ3) is 2.42. The summed E-state index contributed by atoms with van der Waals surface area (Å²) in [6, 6.07) is 2.24. The van der Waals surface area contributed by atoms with Crippen molar-refractivity contribution in [3.05, 3.63) is 34.3 Å². The summed E-state index contributed by atoms with van der Waals surface area (Å²) in [5.74, 6) is -3.73. The first-order valence-electron chi connectivity index (χ1n) is 8.56. The van der Waals surface area contributed by atoms with E-state index < -0.39 is 47.6 Å². The highest BCUT2D eigenvalue weighted by Crippen LogP contribution is 2.56. The molecule has 3 aliphatic rings. The van der Waals surface area contributed by atoms with E-state index in [0.717, 1.165) is 0 Å². The second-order valence-electron chi connectivity index (χ2n) is 7.80. The third-order valence-corrected chi connectivity index (χ3v) is 5.20. The van der Waals surface area contributed by atoms with Crippen molar-refractivity contribution in [2.75, 3.05) is 7.11 Å². The van der Waals surface area contributed by atoms with Gasteiger partial charge < -0.3 is 28.1 Å². The zero-order chi connectivity index (χ0) is 18.9. The summed E-state index contributed by atoms with van der Waals surface area (Å²) in [6.07, 6.45) is -1.04. The zero-order valence-corrected chi connectivity index (χ0v) is 15.3. The number of nitro groups is 1. The molecule has 0 N–H and O–H groups in total. The largest absolute Gasteiger partial charge is 0.469 e. The fraction of sp³-hybridized carbons (Fsp3) is 0.765. The van der Waals surface area contributed by atoms with Crippen molar-refractivity contribution >= 4 is 0 Å². The molecule has 1 aromatic rings. The molecule has 3 fully saturated rings. The van der Waals surface area contributed by atoms with Gasteiger partial charge >= 0.3 is 0 Å². The Morgan fingerprint density at radius 2 is 1.81 bits per heavy atom. The number of hydrogen-bond donors (Lipinski definition) is 0. The van der Waals surface area contributed by atoms with Gasteiger partial charge in [0.25, 0.3) is 6.04 Å². The molecule has 9 nitrogen and oxygen atoms in total. The van der Waals surface area contributed by atoms with Gasteiger partial charge in [0.1, 0.15) is 17.8 Å². The first-order chi connectivity index (χ1) is 12.1. The quantitative estimate of drug-likeness (QED) is 0.589. The van der Waals surface area contributed by atoms with Crippen molar-refractivity contribution in [3.8, 4) is 0 Å². The lowest BCUT2D eigenvalue weighted by molar-refractivity contribution is -0.550. The van der Waals surface area contributed by atoms with E-state index in [4.69, 9.17) is 28.1 Å². The van der Waals surface area contributed by atoms with Crippen molar-refractivity contribution in [3.63, 3.8) is 0 Å². The molecular formula is C17H23NO8. The van der Waals surface area contributed by atoms with Crippen LogP contribution < -0.4 is 0 Å². The molecule has 6 atom stereocenters. The van der Waals surface area contributed by atoms with Gasteiger partial charge in [0.05, 0.1) is 6.26 Å². The number of furan rings is 1. The lowest BCUT2D eigenvalue weighted by atomic mass is 9.73. The van der Waals surface area contributed by atoms with Crippen LogP contribution in [0, 0.1) is 10.1 Å². The van der Waals surface area contributed by atoms with Crippen LogP contribution in [0.2, 0.25) is 0 Å². The van der Waals surface area contributed by atoms with Gasteiger partial charge in [0, 0.05) is 12.0 Å². The van der Waals surface area contributed by atoms with Crippen LogP contribution in [-0.4, -0.2) is 53.7 Å². The molecular weight excluding hydrogens is 346 g/mol. The molecule has 1 aliphatic carbocycles. The molecule has 0 aromatic carbocycles. The Labute approximate surface area is 150 Å². The van der Waals surface area contributed by atoms with Gasteiger partial charge in [-0.25, -0.2) is 0 Å². The standard InChI is InChI=1S/C17H23NO8/c1-15(2)23-12-11(18(19)20)10(9-7-6-8-22-9)13-17(21-5,14(12)25-15)26-16(3,4)24-13/h6-8,10-14H,1-5H3/t10-,11-,12+,13-,14+,17-/m1/s1. The molecule has 0 radical (unpaired) electrons. The highest BCUT2D eigenvalue weighted by molar-refractivity contribution is 5.22. The first kappa shape index (κ1) is 17.9. The normalized spacial score (nSPS) is 43.0. The van der Waals surface area contributed by atoms with Crippen molar-refractivity contribution in [2.24, 2.45) is 0 Å². The summed E-state index contributed by atoms with van der Waals surface area (Å²) in [5, 5.41) is 12.0. The van der Waals surface area contributed by atoms with Crippen LogP contribution in [0.15, 0.2) is 22.8 Å². The number of nitrogens with zero attached hydrogens (tertiary/aromatic N) is 1. The van der Waals surface area contributed by atoms with Gasteiger partial charge in [-0.3, -0.25) is 10.1 Å². The molecule has 0 amide bonds. The molecule has 3 heterocycles. The minimum atomic E-state index is -1.36. The van der Waals surface area contributed by atoms with E-state index in [9.17, 15) is 10.1 Å². The summed E-state index contributed by atoms with van der Waals surface area (Å²) >= 11 is 0. The maximum absolute atomic E-state index is 12.0. The maximum Gasteiger partial charge on any atom is 0.254 e. The number of hydrogen-bond acceptors (Lipinski definition) is 8. The molecule has 2 saturated heterocycles. The topological polar surface area (TPSA) is 102 Å². The van der Waals surface area contributed by atoms with Crippen LogP contribution >= 0.6 is 0 Å². The Hall–Kier alpha value is -1.52. The second-order valence-corrected chi connectivity index (χ2v) is 7.80. The van der Waals surface area contributed by atoms with Crippen LogP contribution in [-0.2, 0) is 23.7 Å². The fourth-order valence-electron chi connectivity index (χ4n) is 4.45. The molecule has 144 valence electrons. The first-order valence-corrected chi connectivity index (χ1v) is 8.56. The lowest BCUT2D eigenvalue weighted by Gasteiger charge is -2.45. The lowest BCUT2D eigenvalue weighted by Crippen LogP contribution is -2.67. The molecule has 9 heteroatoms. The summed E-state index contributed by atoms with van der Waals surface area (Å²) < 4.78 is 35.5. The number of methoxy groups -OCH3 is 1. The van der Waals surface area contributed by atoms with E-state index in [-0.39, 0.29) is 4.92 Å². The van der Waals surface area contributed by atoms with Crippen molar-refractivity contribution in [1.29, 1.82) is 0 Å². The molecule has 4 rings (SSSR count). The van der Waals surface area contributed by atoms with Crippen molar-refractivity contribution in [2.45, 2.75) is 75.3 Å². The highest BCUT2D eigenvalue weighted by Gasteiger charge is 2.76. The Balaban J connectivity index is 1.90. The van der Waals surface area contributed by atoms with Gasteiger partial charge in [-0.15, -0.1) is 0 Å². The predicted octanol–water partition coefficient (Wildman–Crippen LogP) is 2.04. The van der Waals surface area contributed by atoms with Gasteiger partial charge in [-0.2, -0.15) is 0 Å². The van der Waals surface area contributed by atoms with Crippen molar-refractivity contribution in [1.82, 2.24) is 0 Å². The van der Waals surface area contributed by atoms with Crippen LogP contribution in [0.25, 0.3) is 0 Å². The van der Waals surface area contributed by atoms with E-state index in [2.05, 4.69) is 0 Å². The zero-order valence-electron chi connectivity index (χ0n) is 15.3.